The lowest BCUT2D eigenvalue weighted by molar-refractivity contribution is -0.146. The van der Waals surface area contributed by atoms with Gasteiger partial charge in [-0.25, -0.2) is 0 Å². The van der Waals surface area contributed by atoms with E-state index >= 15 is 0 Å². The molecule has 1 N–H and O–H groups in total. The van der Waals surface area contributed by atoms with Crippen molar-refractivity contribution in [1.82, 2.24) is 4.90 Å². The highest BCUT2D eigenvalue weighted by molar-refractivity contribution is 5.93. The number of aryl methyl sites for hydroxylation is 1. The molecule has 1 aliphatic rings. The summed E-state index contributed by atoms with van der Waals surface area (Å²) >= 11 is 0. The Balaban J connectivity index is 1.19. The molecule has 0 saturated carbocycles. The van der Waals surface area contributed by atoms with Crippen molar-refractivity contribution < 1.29 is 14.3 Å². The first-order valence-electron chi connectivity index (χ1n) is 11.7. The molecule has 6 heteroatoms. The Morgan fingerprint density at radius 3 is 2.24 bits per heavy atom. The molecule has 0 bridgehead atoms. The minimum Gasteiger partial charge on any atom is -0.455 e. The van der Waals surface area contributed by atoms with Crippen LogP contribution in [0.5, 0.6) is 0 Å². The maximum atomic E-state index is 12.2. The molecule has 3 aromatic carbocycles. The summed E-state index contributed by atoms with van der Waals surface area (Å²) in [5, 5.41) is 2.79. The van der Waals surface area contributed by atoms with Crippen LogP contribution in [0.1, 0.15) is 16.7 Å². The Morgan fingerprint density at radius 2 is 1.53 bits per heavy atom. The molecular weight excluding hydrogens is 426 g/mol. The zero-order valence-corrected chi connectivity index (χ0v) is 19.6. The maximum Gasteiger partial charge on any atom is 0.310 e. The first kappa shape index (κ1) is 23.5. The first-order chi connectivity index (χ1) is 16.6. The van der Waals surface area contributed by atoms with E-state index in [2.05, 4.69) is 39.4 Å². The van der Waals surface area contributed by atoms with Crippen molar-refractivity contribution in [3.8, 4) is 0 Å². The Hall–Kier alpha value is -3.64. The van der Waals surface area contributed by atoms with Gasteiger partial charge in [-0.15, -0.1) is 0 Å². The van der Waals surface area contributed by atoms with Gasteiger partial charge in [0.05, 0.1) is 6.42 Å². The quantitative estimate of drug-likeness (QED) is 0.518. The average molecular weight is 458 g/mol. The minimum atomic E-state index is -0.411. The van der Waals surface area contributed by atoms with E-state index in [4.69, 9.17) is 4.74 Å². The summed E-state index contributed by atoms with van der Waals surface area (Å²) in [6.07, 6.45) is 0.160. The second-order valence-corrected chi connectivity index (χ2v) is 8.61. The maximum absolute atomic E-state index is 12.2. The summed E-state index contributed by atoms with van der Waals surface area (Å²) in [4.78, 5) is 29.1. The third-order valence-electron chi connectivity index (χ3n) is 6.10. The Bertz CT molecular complexity index is 1090. The third kappa shape index (κ3) is 6.68. The number of anilines is 2. The lowest BCUT2D eigenvalue weighted by Gasteiger charge is -2.36. The summed E-state index contributed by atoms with van der Waals surface area (Å²) in [5.41, 5.74) is 5.11. The number of carbonyl (C=O) groups is 2. The molecule has 0 unspecified atom stereocenters. The number of ether oxygens (including phenoxy) is 1. The van der Waals surface area contributed by atoms with Crippen molar-refractivity contribution in [3.05, 3.63) is 95.6 Å². The molecule has 0 spiro atoms. The van der Waals surface area contributed by atoms with Gasteiger partial charge in [0.2, 0.25) is 0 Å². The molecule has 0 radical (unpaired) electrons. The summed E-state index contributed by atoms with van der Waals surface area (Å²) in [6.45, 7) is 6.60. The molecule has 6 nitrogen and oxygen atoms in total. The van der Waals surface area contributed by atoms with Gasteiger partial charge in [0.15, 0.2) is 6.61 Å². The highest BCUT2D eigenvalue weighted by atomic mass is 16.5. The molecule has 1 saturated heterocycles. The second-order valence-electron chi connectivity index (χ2n) is 8.61. The number of esters is 1. The number of piperazine rings is 1. The van der Waals surface area contributed by atoms with E-state index in [1.54, 1.807) is 0 Å². The van der Waals surface area contributed by atoms with E-state index in [0.717, 1.165) is 49.5 Å². The summed E-state index contributed by atoms with van der Waals surface area (Å²) in [5.74, 6) is -0.758. The van der Waals surface area contributed by atoms with E-state index in [9.17, 15) is 9.59 Å². The zero-order chi connectivity index (χ0) is 23.8. The van der Waals surface area contributed by atoms with E-state index in [0.29, 0.717) is 5.69 Å². The number of amides is 1. The Morgan fingerprint density at radius 1 is 0.853 bits per heavy atom. The molecule has 1 fully saturated rings. The largest absolute Gasteiger partial charge is 0.455 e. The highest BCUT2D eigenvalue weighted by Crippen LogP contribution is 2.20. The standard InChI is InChI=1S/C28H31N3O3/c1-22-7-5-6-10-24(22)19-28(33)34-21-27(32)29-25-11-13-26(14-12-25)31-17-15-30(16-18-31)20-23-8-3-2-4-9-23/h2-14H,15-21H2,1H3,(H,29,32). The third-order valence-corrected chi connectivity index (χ3v) is 6.10. The van der Waals surface area contributed by atoms with Crippen LogP contribution in [0.2, 0.25) is 0 Å². The fourth-order valence-corrected chi connectivity index (χ4v) is 4.12. The van der Waals surface area contributed by atoms with Gasteiger partial charge in [-0.05, 0) is 47.9 Å². The fourth-order valence-electron chi connectivity index (χ4n) is 4.12. The molecule has 1 aliphatic heterocycles. The lowest BCUT2D eigenvalue weighted by atomic mass is 10.1. The van der Waals surface area contributed by atoms with Gasteiger partial charge >= 0.3 is 5.97 Å². The van der Waals surface area contributed by atoms with Crippen LogP contribution in [0, 0.1) is 6.92 Å². The predicted octanol–water partition coefficient (Wildman–Crippen LogP) is 4.04. The Kier molecular flexibility index (Phi) is 7.94. The summed E-state index contributed by atoms with van der Waals surface area (Å²) in [7, 11) is 0. The summed E-state index contributed by atoms with van der Waals surface area (Å²) in [6, 6.07) is 26.0. The van der Waals surface area contributed by atoms with E-state index in [1.807, 2.05) is 61.5 Å². The van der Waals surface area contributed by atoms with Crippen molar-refractivity contribution in [1.29, 1.82) is 0 Å². The molecule has 3 aromatic rings. The minimum absolute atomic E-state index is 0.160. The van der Waals surface area contributed by atoms with Gasteiger partial charge in [-0.1, -0.05) is 54.6 Å². The number of rotatable bonds is 8. The number of nitrogens with zero attached hydrogens (tertiary/aromatic N) is 2. The van der Waals surface area contributed by atoms with Crippen LogP contribution in [0.4, 0.5) is 11.4 Å². The summed E-state index contributed by atoms with van der Waals surface area (Å²) < 4.78 is 5.14. The van der Waals surface area contributed by atoms with Crippen molar-refractivity contribution in [2.24, 2.45) is 0 Å². The molecule has 1 heterocycles. The number of hydrogen-bond acceptors (Lipinski definition) is 5. The van der Waals surface area contributed by atoms with E-state index in [1.165, 1.54) is 5.56 Å². The molecule has 34 heavy (non-hydrogen) atoms. The molecule has 176 valence electrons. The fraction of sp³-hybridized carbons (Fsp3) is 0.286. The molecule has 0 atom stereocenters. The van der Waals surface area contributed by atoms with Crippen molar-refractivity contribution >= 4 is 23.3 Å². The molecule has 0 aromatic heterocycles. The van der Waals surface area contributed by atoms with Crippen LogP contribution in [0.3, 0.4) is 0 Å². The van der Waals surface area contributed by atoms with E-state index < -0.39 is 5.97 Å². The number of nitrogens with one attached hydrogen (secondary N) is 1. The van der Waals surface area contributed by atoms with Gasteiger partial charge in [0, 0.05) is 44.1 Å². The van der Waals surface area contributed by atoms with Gasteiger partial charge in [-0.3, -0.25) is 14.5 Å². The zero-order valence-electron chi connectivity index (χ0n) is 19.6. The van der Waals surface area contributed by atoms with E-state index in [-0.39, 0.29) is 18.9 Å². The van der Waals surface area contributed by atoms with Gasteiger partial charge in [0.1, 0.15) is 0 Å². The van der Waals surface area contributed by atoms with Crippen molar-refractivity contribution in [2.75, 3.05) is 43.0 Å². The first-order valence-corrected chi connectivity index (χ1v) is 11.7. The van der Waals surface area contributed by atoms with Crippen LogP contribution >= 0.6 is 0 Å². The molecule has 0 aliphatic carbocycles. The molecule has 4 rings (SSSR count). The van der Waals surface area contributed by atoms with Crippen molar-refractivity contribution in [2.45, 2.75) is 19.9 Å². The molecule has 1 amide bonds. The molecular formula is C28H31N3O3. The lowest BCUT2D eigenvalue weighted by Crippen LogP contribution is -2.45. The number of carbonyl (C=O) groups excluding carboxylic acids is 2. The second kappa shape index (κ2) is 11.5. The van der Waals surface area contributed by atoms with Crippen LogP contribution < -0.4 is 10.2 Å². The number of hydrogen-bond donors (Lipinski definition) is 1. The van der Waals surface area contributed by atoms with Crippen LogP contribution in [-0.4, -0.2) is 49.6 Å². The normalized spacial score (nSPS) is 14.0. The monoisotopic (exact) mass is 457 g/mol. The SMILES string of the molecule is Cc1ccccc1CC(=O)OCC(=O)Nc1ccc(N2CCN(Cc3ccccc3)CC2)cc1. The van der Waals surface area contributed by atoms with Gasteiger partial charge < -0.3 is 15.0 Å². The van der Waals surface area contributed by atoms with Crippen LogP contribution in [0.25, 0.3) is 0 Å². The van der Waals surface area contributed by atoms with Crippen LogP contribution in [-0.2, 0) is 27.3 Å². The number of benzene rings is 3. The van der Waals surface area contributed by atoms with Crippen LogP contribution in [0.15, 0.2) is 78.9 Å². The average Bonchev–Trinajstić information content (AvgIpc) is 2.86. The van der Waals surface area contributed by atoms with Gasteiger partial charge in [0.25, 0.3) is 5.91 Å². The smallest absolute Gasteiger partial charge is 0.310 e. The van der Waals surface area contributed by atoms with Gasteiger partial charge in [-0.2, -0.15) is 0 Å². The van der Waals surface area contributed by atoms with Crippen molar-refractivity contribution in [3.63, 3.8) is 0 Å². The predicted molar refractivity (Wildman–Crippen MR) is 135 cm³/mol. The highest BCUT2D eigenvalue weighted by Gasteiger charge is 2.17. The Labute approximate surface area is 201 Å². The topological polar surface area (TPSA) is 61.9 Å².